The van der Waals surface area contributed by atoms with Crippen LogP contribution in [0.1, 0.15) is 27.8 Å². The van der Waals surface area contributed by atoms with Crippen LogP contribution in [0.5, 0.6) is 11.5 Å². The lowest BCUT2D eigenvalue weighted by Crippen LogP contribution is -2.31. The van der Waals surface area contributed by atoms with E-state index in [1.165, 1.54) is 14.2 Å². The standard InChI is InChI=1S/C20H20ClN3O3/c1-24-10-9-22-19(24)17(13-7-5-4-6-8-13)23-20(25)14-11-15(21)18(27-3)16(12-14)26-2/h4-12,17H,1-3H3,(H,23,25). The lowest BCUT2D eigenvalue weighted by atomic mass is 10.1. The summed E-state index contributed by atoms with van der Waals surface area (Å²) in [5.41, 5.74) is 1.29. The number of hydrogen-bond donors (Lipinski definition) is 1. The normalized spacial score (nSPS) is 11.7. The molecule has 6 nitrogen and oxygen atoms in total. The Morgan fingerprint density at radius 1 is 1.19 bits per heavy atom. The van der Waals surface area contributed by atoms with E-state index in [0.717, 1.165) is 11.4 Å². The van der Waals surface area contributed by atoms with Gasteiger partial charge in [-0.2, -0.15) is 0 Å². The van der Waals surface area contributed by atoms with Gasteiger partial charge in [-0.3, -0.25) is 4.79 Å². The summed E-state index contributed by atoms with van der Waals surface area (Å²) in [5, 5.41) is 3.33. The second-order valence-corrected chi connectivity index (χ2v) is 6.31. The van der Waals surface area contributed by atoms with Gasteiger partial charge in [0.05, 0.1) is 19.2 Å². The molecule has 0 saturated heterocycles. The summed E-state index contributed by atoms with van der Waals surface area (Å²) in [6.45, 7) is 0. The number of halogens is 1. The highest BCUT2D eigenvalue weighted by atomic mass is 35.5. The van der Waals surface area contributed by atoms with E-state index in [1.54, 1.807) is 18.3 Å². The number of carbonyl (C=O) groups is 1. The van der Waals surface area contributed by atoms with Crippen LogP contribution < -0.4 is 14.8 Å². The molecule has 0 aliphatic rings. The zero-order chi connectivity index (χ0) is 19.4. The Morgan fingerprint density at radius 3 is 2.52 bits per heavy atom. The molecule has 1 N–H and O–H groups in total. The van der Waals surface area contributed by atoms with E-state index in [4.69, 9.17) is 21.1 Å². The number of imidazole rings is 1. The van der Waals surface area contributed by atoms with Crippen LogP contribution in [0.2, 0.25) is 5.02 Å². The lowest BCUT2D eigenvalue weighted by molar-refractivity contribution is 0.0940. The van der Waals surface area contributed by atoms with Gasteiger partial charge in [0, 0.05) is 25.0 Å². The van der Waals surface area contributed by atoms with Gasteiger partial charge in [-0.25, -0.2) is 4.98 Å². The third kappa shape index (κ3) is 3.90. The van der Waals surface area contributed by atoms with Gasteiger partial charge in [0.15, 0.2) is 11.5 Å². The van der Waals surface area contributed by atoms with Crippen LogP contribution >= 0.6 is 11.6 Å². The van der Waals surface area contributed by atoms with Crippen molar-refractivity contribution < 1.29 is 14.3 Å². The molecule has 1 unspecified atom stereocenters. The Kier molecular flexibility index (Phi) is 5.66. The molecule has 0 aliphatic heterocycles. The van der Waals surface area contributed by atoms with Crippen molar-refractivity contribution in [3.63, 3.8) is 0 Å². The van der Waals surface area contributed by atoms with Crippen molar-refractivity contribution in [2.45, 2.75) is 6.04 Å². The molecule has 27 heavy (non-hydrogen) atoms. The van der Waals surface area contributed by atoms with Crippen LogP contribution in [-0.4, -0.2) is 29.7 Å². The van der Waals surface area contributed by atoms with Gasteiger partial charge in [0.2, 0.25) is 0 Å². The molecule has 7 heteroatoms. The highest BCUT2D eigenvalue weighted by Gasteiger charge is 2.23. The van der Waals surface area contributed by atoms with Crippen molar-refractivity contribution in [1.29, 1.82) is 0 Å². The maximum absolute atomic E-state index is 13.0. The summed E-state index contributed by atoms with van der Waals surface area (Å²) in [6.07, 6.45) is 3.54. The molecule has 0 spiro atoms. The Morgan fingerprint density at radius 2 is 1.93 bits per heavy atom. The molecule has 1 amide bonds. The van der Waals surface area contributed by atoms with Gasteiger partial charge in [0.1, 0.15) is 11.9 Å². The summed E-state index contributed by atoms with van der Waals surface area (Å²) < 4.78 is 12.4. The van der Waals surface area contributed by atoms with Gasteiger partial charge in [0.25, 0.3) is 5.91 Å². The predicted molar refractivity (Wildman–Crippen MR) is 104 cm³/mol. The maximum atomic E-state index is 13.0. The summed E-state index contributed by atoms with van der Waals surface area (Å²) in [5.74, 6) is 1.21. The third-order valence-corrected chi connectivity index (χ3v) is 4.50. The number of carbonyl (C=O) groups excluding carboxylic acids is 1. The van der Waals surface area contributed by atoms with E-state index < -0.39 is 6.04 Å². The fourth-order valence-electron chi connectivity index (χ4n) is 2.86. The zero-order valence-corrected chi connectivity index (χ0v) is 16.0. The van der Waals surface area contributed by atoms with E-state index >= 15 is 0 Å². The van der Waals surface area contributed by atoms with Crippen molar-refractivity contribution in [2.75, 3.05) is 14.2 Å². The van der Waals surface area contributed by atoms with E-state index in [9.17, 15) is 4.79 Å². The van der Waals surface area contributed by atoms with Crippen molar-refractivity contribution in [3.05, 3.63) is 76.8 Å². The minimum atomic E-state index is -0.412. The van der Waals surface area contributed by atoms with Crippen molar-refractivity contribution in [3.8, 4) is 11.5 Å². The topological polar surface area (TPSA) is 65.4 Å². The number of aromatic nitrogens is 2. The van der Waals surface area contributed by atoms with Crippen LogP contribution in [0.15, 0.2) is 54.9 Å². The summed E-state index contributed by atoms with van der Waals surface area (Å²) in [4.78, 5) is 17.3. The van der Waals surface area contributed by atoms with Gasteiger partial charge in [-0.05, 0) is 17.7 Å². The quantitative estimate of drug-likeness (QED) is 0.704. The number of amides is 1. The van der Waals surface area contributed by atoms with Gasteiger partial charge < -0.3 is 19.4 Å². The van der Waals surface area contributed by atoms with Crippen LogP contribution in [-0.2, 0) is 7.05 Å². The smallest absolute Gasteiger partial charge is 0.252 e. The van der Waals surface area contributed by atoms with Crippen molar-refractivity contribution in [2.24, 2.45) is 7.05 Å². The summed E-state index contributed by atoms with van der Waals surface area (Å²) in [6, 6.07) is 12.4. The average molecular weight is 386 g/mol. The van der Waals surface area contributed by atoms with Crippen LogP contribution in [0.4, 0.5) is 0 Å². The Balaban J connectivity index is 1.96. The molecule has 0 saturated carbocycles. The van der Waals surface area contributed by atoms with E-state index in [2.05, 4.69) is 10.3 Å². The lowest BCUT2D eigenvalue weighted by Gasteiger charge is -2.20. The Labute approximate surface area is 162 Å². The monoisotopic (exact) mass is 385 g/mol. The minimum absolute atomic E-state index is 0.297. The first-order valence-corrected chi connectivity index (χ1v) is 8.67. The molecule has 1 aromatic heterocycles. The molecule has 1 heterocycles. The average Bonchev–Trinajstić information content (AvgIpc) is 3.11. The highest BCUT2D eigenvalue weighted by molar-refractivity contribution is 6.32. The number of benzene rings is 2. The second-order valence-electron chi connectivity index (χ2n) is 5.91. The second kappa shape index (κ2) is 8.14. The molecule has 0 aliphatic carbocycles. The molecule has 140 valence electrons. The highest BCUT2D eigenvalue weighted by Crippen LogP contribution is 2.36. The molecule has 3 aromatic rings. The largest absolute Gasteiger partial charge is 0.493 e. The Hall–Kier alpha value is -2.99. The number of nitrogens with one attached hydrogen (secondary N) is 1. The minimum Gasteiger partial charge on any atom is -0.493 e. The molecule has 2 aromatic carbocycles. The summed E-state index contributed by atoms with van der Waals surface area (Å²) in [7, 11) is 4.88. The molecule has 3 rings (SSSR count). The molecule has 0 fully saturated rings. The zero-order valence-electron chi connectivity index (χ0n) is 15.3. The first kappa shape index (κ1) is 18.8. The number of rotatable bonds is 6. The Bertz CT molecular complexity index is 941. The maximum Gasteiger partial charge on any atom is 0.252 e. The van der Waals surface area contributed by atoms with Gasteiger partial charge >= 0.3 is 0 Å². The van der Waals surface area contributed by atoms with Gasteiger partial charge in [-0.1, -0.05) is 41.9 Å². The third-order valence-electron chi connectivity index (χ3n) is 4.22. The first-order valence-electron chi connectivity index (χ1n) is 8.29. The SMILES string of the molecule is COc1cc(C(=O)NC(c2ccccc2)c2nccn2C)cc(Cl)c1OC. The van der Waals surface area contributed by atoms with Crippen molar-refractivity contribution in [1.82, 2.24) is 14.9 Å². The number of ether oxygens (including phenoxy) is 2. The molecular weight excluding hydrogens is 366 g/mol. The fraction of sp³-hybridized carbons (Fsp3) is 0.200. The molecule has 0 bridgehead atoms. The fourth-order valence-corrected chi connectivity index (χ4v) is 3.15. The van der Waals surface area contributed by atoms with Crippen LogP contribution in [0.25, 0.3) is 0 Å². The van der Waals surface area contributed by atoms with E-state index in [1.807, 2.05) is 48.1 Å². The molecule has 1 atom stereocenters. The first-order chi connectivity index (χ1) is 13.0. The van der Waals surface area contributed by atoms with E-state index in [-0.39, 0.29) is 5.91 Å². The van der Waals surface area contributed by atoms with Crippen molar-refractivity contribution >= 4 is 17.5 Å². The van der Waals surface area contributed by atoms with E-state index in [0.29, 0.717) is 22.1 Å². The van der Waals surface area contributed by atoms with Crippen LogP contribution in [0.3, 0.4) is 0 Å². The number of methoxy groups -OCH3 is 2. The van der Waals surface area contributed by atoms with Gasteiger partial charge in [-0.15, -0.1) is 0 Å². The van der Waals surface area contributed by atoms with Crippen LogP contribution in [0, 0.1) is 0 Å². The molecular formula is C20H20ClN3O3. The molecule has 0 radical (unpaired) electrons. The number of nitrogens with zero attached hydrogens (tertiary/aromatic N) is 2. The predicted octanol–water partition coefficient (Wildman–Crippen LogP) is 3.61. The number of aryl methyl sites for hydroxylation is 1. The summed E-state index contributed by atoms with van der Waals surface area (Å²) >= 11 is 6.23. The number of hydrogen-bond acceptors (Lipinski definition) is 4.